The van der Waals surface area contributed by atoms with Crippen molar-refractivity contribution in [1.29, 1.82) is 0 Å². The lowest BCUT2D eigenvalue weighted by atomic mass is 10.1. The summed E-state index contributed by atoms with van der Waals surface area (Å²) in [5.74, 6) is 0.756. The van der Waals surface area contributed by atoms with Crippen molar-refractivity contribution < 1.29 is 32.5 Å². The Bertz CT molecular complexity index is 1490. The summed E-state index contributed by atoms with van der Waals surface area (Å²) in [4.78, 5) is 21.2. The number of nitrogens with zero attached hydrogens (tertiary/aromatic N) is 3. The quantitative estimate of drug-likeness (QED) is 0.243. The molecule has 0 aromatic heterocycles. The zero-order chi connectivity index (χ0) is 25.9. The summed E-state index contributed by atoms with van der Waals surface area (Å²) in [5, 5.41) is 26.8. The number of hydrogen-bond acceptors (Lipinski definition) is 11. The lowest BCUT2D eigenvalue weighted by molar-refractivity contribution is -0.385. The Morgan fingerprint density at radius 2 is 1.67 bits per heavy atom. The highest BCUT2D eigenvalue weighted by atomic mass is 32.2. The minimum atomic E-state index is -4.20. The van der Waals surface area contributed by atoms with Crippen LogP contribution in [0.3, 0.4) is 0 Å². The van der Waals surface area contributed by atoms with E-state index in [4.69, 9.17) is 14.2 Å². The molecule has 0 atom stereocenters. The predicted molar refractivity (Wildman–Crippen MR) is 127 cm³/mol. The fourth-order valence-corrected chi connectivity index (χ4v) is 4.33. The Hall–Kier alpha value is -4.92. The number of rotatable bonds is 9. The average Bonchev–Trinajstić information content (AvgIpc) is 3.31. The van der Waals surface area contributed by atoms with Crippen LogP contribution in [0.1, 0.15) is 5.56 Å². The van der Waals surface area contributed by atoms with Gasteiger partial charge in [-0.3, -0.25) is 30.4 Å². The Balaban J connectivity index is 1.60. The lowest BCUT2D eigenvalue weighted by Crippen LogP contribution is -2.14. The van der Waals surface area contributed by atoms with Crippen LogP contribution in [0.5, 0.6) is 17.2 Å². The molecule has 0 radical (unpaired) electrons. The van der Waals surface area contributed by atoms with Crippen LogP contribution in [0.25, 0.3) is 0 Å². The van der Waals surface area contributed by atoms with E-state index in [2.05, 4.69) is 15.2 Å². The van der Waals surface area contributed by atoms with Crippen molar-refractivity contribution >= 4 is 39.0 Å². The number of hydrogen-bond donors (Lipinski definition) is 2. The standard InChI is InChI=1S/C21H17N5O9S/c1-33-19-5-3-2-4-16(19)24-36(31,32)14-6-7-15(18(9-14)26(29)30)23-22-11-13-8-20-21(35-12-34-20)10-17(13)25(27)28/h2-11,23-24H,12H2,1H3/b22-11-. The maximum Gasteiger partial charge on any atom is 0.295 e. The van der Waals surface area contributed by atoms with Crippen molar-refractivity contribution in [1.82, 2.24) is 0 Å². The molecule has 0 saturated heterocycles. The molecule has 0 saturated carbocycles. The van der Waals surface area contributed by atoms with Crippen LogP contribution >= 0.6 is 0 Å². The molecule has 36 heavy (non-hydrogen) atoms. The monoisotopic (exact) mass is 515 g/mol. The molecule has 2 N–H and O–H groups in total. The minimum absolute atomic E-state index is 0.0552. The van der Waals surface area contributed by atoms with Crippen LogP contribution in [0, 0.1) is 20.2 Å². The van der Waals surface area contributed by atoms with E-state index in [0.29, 0.717) is 0 Å². The first kappa shape index (κ1) is 24.2. The van der Waals surface area contributed by atoms with Crippen molar-refractivity contribution in [2.24, 2.45) is 5.10 Å². The molecule has 0 spiro atoms. The van der Waals surface area contributed by atoms with Crippen LogP contribution < -0.4 is 24.4 Å². The summed E-state index contributed by atoms with van der Waals surface area (Å²) in [6.07, 6.45) is 1.08. The van der Waals surface area contributed by atoms with E-state index in [1.165, 1.54) is 25.3 Å². The topological polar surface area (TPSA) is 185 Å². The second kappa shape index (κ2) is 9.75. The third-order valence-electron chi connectivity index (χ3n) is 4.93. The molecule has 186 valence electrons. The molecule has 15 heteroatoms. The van der Waals surface area contributed by atoms with E-state index in [0.717, 1.165) is 24.4 Å². The van der Waals surface area contributed by atoms with E-state index in [1.807, 2.05) is 0 Å². The number of hydrazone groups is 1. The fourth-order valence-electron chi connectivity index (χ4n) is 3.24. The Labute approximate surface area is 203 Å². The van der Waals surface area contributed by atoms with E-state index in [1.54, 1.807) is 18.2 Å². The predicted octanol–water partition coefficient (Wildman–Crippen LogP) is 3.49. The molecule has 3 aromatic rings. The molecule has 1 aliphatic rings. The maximum absolute atomic E-state index is 12.8. The van der Waals surface area contributed by atoms with Gasteiger partial charge in [0.15, 0.2) is 11.5 Å². The van der Waals surface area contributed by atoms with Crippen LogP contribution in [0.4, 0.5) is 22.7 Å². The first-order valence-corrected chi connectivity index (χ1v) is 11.5. The van der Waals surface area contributed by atoms with Gasteiger partial charge in [-0.05, 0) is 30.3 Å². The van der Waals surface area contributed by atoms with Crippen molar-refractivity contribution in [3.63, 3.8) is 0 Å². The molecule has 14 nitrogen and oxygen atoms in total. The molecule has 0 bridgehead atoms. The third kappa shape index (κ3) is 4.95. The lowest BCUT2D eigenvalue weighted by Gasteiger charge is -2.12. The first-order chi connectivity index (χ1) is 17.2. The number of ether oxygens (including phenoxy) is 3. The third-order valence-corrected chi connectivity index (χ3v) is 6.30. The summed E-state index contributed by atoms with van der Waals surface area (Å²) < 4.78 is 43.4. The normalized spacial score (nSPS) is 12.4. The van der Waals surface area contributed by atoms with Crippen LogP contribution in [-0.2, 0) is 10.0 Å². The van der Waals surface area contributed by atoms with E-state index >= 15 is 0 Å². The molecule has 0 aliphatic carbocycles. The van der Waals surface area contributed by atoms with Crippen molar-refractivity contribution in [2.75, 3.05) is 24.1 Å². The van der Waals surface area contributed by atoms with Gasteiger partial charge >= 0.3 is 0 Å². The van der Waals surface area contributed by atoms with Gasteiger partial charge in [-0.1, -0.05) is 12.1 Å². The van der Waals surface area contributed by atoms with Crippen molar-refractivity contribution in [2.45, 2.75) is 4.90 Å². The number of para-hydroxylation sites is 2. The van der Waals surface area contributed by atoms with Gasteiger partial charge in [0.25, 0.3) is 21.4 Å². The number of nitro groups is 2. The number of fused-ring (bicyclic) bond motifs is 1. The molecule has 1 heterocycles. The van der Waals surface area contributed by atoms with Gasteiger partial charge in [0.2, 0.25) is 6.79 Å². The number of methoxy groups -OCH3 is 1. The average molecular weight is 515 g/mol. The SMILES string of the molecule is COc1ccccc1NS(=O)(=O)c1ccc(N/N=C\c2cc3c(cc2[N+](=O)[O-])OCO3)c([N+](=O)[O-])c1. The smallest absolute Gasteiger partial charge is 0.295 e. The van der Waals surface area contributed by atoms with Crippen LogP contribution in [0.2, 0.25) is 0 Å². The zero-order valence-electron chi connectivity index (χ0n) is 18.4. The van der Waals surface area contributed by atoms with Gasteiger partial charge in [-0.2, -0.15) is 5.10 Å². The molecule has 0 fully saturated rings. The zero-order valence-corrected chi connectivity index (χ0v) is 19.2. The summed E-state index contributed by atoms with van der Waals surface area (Å²) in [6.45, 7) is -0.0846. The van der Waals surface area contributed by atoms with Crippen molar-refractivity contribution in [3.05, 3.63) is 80.4 Å². The maximum atomic E-state index is 12.8. The molecule has 3 aromatic carbocycles. The van der Waals surface area contributed by atoms with Crippen LogP contribution in [0.15, 0.2) is 64.6 Å². The summed E-state index contributed by atoms with van der Waals surface area (Å²) in [7, 11) is -2.83. The summed E-state index contributed by atoms with van der Waals surface area (Å²) in [5.41, 5.74) is 1.58. The fraction of sp³-hybridized carbons (Fsp3) is 0.0952. The van der Waals surface area contributed by atoms with Crippen LogP contribution in [-0.4, -0.2) is 38.4 Å². The second-order valence-electron chi connectivity index (χ2n) is 7.13. The van der Waals surface area contributed by atoms with E-state index in [9.17, 15) is 28.6 Å². The molecule has 1 aliphatic heterocycles. The van der Waals surface area contributed by atoms with Gasteiger partial charge in [-0.25, -0.2) is 8.42 Å². The van der Waals surface area contributed by atoms with E-state index < -0.39 is 25.6 Å². The van der Waals surface area contributed by atoms with Gasteiger partial charge < -0.3 is 14.2 Å². The van der Waals surface area contributed by atoms with Gasteiger partial charge in [0, 0.05) is 6.07 Å². The van der Waals surface area contributed by atoms with E-state index in [-0.39, 0.29) is 51.6 Å². The molecular formula is C21H17N5O9S. The highest BCUT2D eigenvalue weighted by Gasteiger charge is 2.24. The molecule has 0 unspecified atom stereocenters. The number of anilines is 2. The Morgan fingerprint density at radius 3 is 2.36 bits per heavy atom. The summed E-state index contributed by atoms with van der Waals surface area (Å²) >= 11 is 0. The Kier molecular flexibility index (Phi) is 6.56. The van der Waals surface area contributed by atoms with Gasteiger partial charge in [0.1, 0.15) is 11.4 Å². The first-order valence-electron chi connectivity index (χ1n) is 10.0. The Morgan fingerprint density at radius 1 is 0.972 bits per heavy atom. The number of nitrogens with one attached hydrogen (secondary N) is 2. The number of nitro benzene ring substituents is 2. The van der Waals surface area contributed by atoms with Crippen molar-refractivity contribution in [3.8, 4) is 17.2 Å². The highest BCUT2D eigenvalue weighted by Crippen LogP contribution is 2.37. The highest BCUT2D eigenvalue weighted by molar-refractivity contribution is 7.92. The molecule has 4 rings (SSSR count). The summed E-state index contributed by atoms with van der Waals surface area (Å²) in [6, 6.07) is 12.0. The second-order valence-corrected chi connectivity index (χ2v) is 8.82. The van der Waals surface area contributed by atoms with Gasteiger partial charge in [-0.15, -0.1) is 0 Å². The molecule has 0 amide bonds. The van der Waals surface area contributed by atoms with Gasteiger partial charge in [0.05, 0.1) is 45.4 Å². The molecular weight excluding hydrogens is 498 g/mol. The largest absolute Gasteiger partial charge is 0.495 e. The number of sulfonamides is 1. The number of benzene rings is 3. The minimum Gasteiger partial charge on any atom is -0.495 e.